The van der Waals surface area contributed by atoms with Crippen molar-refractivity contribution in [3.05, 3.63) is 22.7 Å². The fourth-order valence-corrected chi connectivity index (χ4v) is 3.62. The number of nitrogens with two attached hydrogens (primary N) is 1. The van der Waals surface area contributed by atoms with Crippen LogP contribution in [0.2, 0.25) is 0 Å². The first-order valence-corrected chi connectivity index (χ1v) is 9.59. The van der Waals surface area contributed by atoms with Gasteiger partial charge in [-0.2, -0.15) is 4.98 Å². The molecule has 2 rings (SSSR count). The number of carbonyl (C=O) groups is 1. The van der Waals surface area contributed by atoms with Gasteiger partial charge >= 0.3 is 13.4 Å². The minimum absolute atomic E-state index is 0.0267. The van der Waals surface area contributed by atoms with Crippen LogP contribution in [0.3, 0.4) is 0 Å². The number of ketones is 1. The van der Waals surface area contributed by atoms with E-state index in [1.54, 1.807) is 0 Å². The first kappa shape index (κ1) is 21.6. The predicted octanol–water partition coefficient (Wildman–Crippen LogP) is -1.48. The van der Waals surface area contributed by atoms with E-state index in [1.807, 2.05) is 0 Å². The van der Waals surface area contributed by atoms with E-state index in [0.29, 0.717) is 0 Å². The van der Waals surface area contributed by atoms with Crippen molar-refractivity contribution in [2.75, 3.05) is 12.3 Å². The number of rotatable bonds is 7. The zero-order valence-corrected chi connectivity index (χ0v) is 15.9. The van der Waals surface area contributed by atoms with Crippen molar-refractivity contribution in [1.82, 2.24) is 14.6 Å². The van der Waals surface area contributed by atoms with E-state index >= 15 is 0 Å². The number of nitrogens with one attached hydrogen (secondary N) is 1. The highest BCUT2D eigenvalue weighted by atomic mass is 31.2. The molecule has 0 aliphatic carbocycles. The molecule has 0 bridgehead atoms. The quantitative estimate of drug-likeness (QED) is 0.332. The molecule has 152 valence electrons. The molecule has 27 heavy (non-hydrogen) atoms. The number of nitrogens with zero attached hydrogens (tertiary/aromatic N) is 2. The van der Waals surface area contributed by atoms with E-state index in [-0.39, 0.29) is 11.6 Å². The second kappa shape index (κ2) is 7.76. The third-order valence-corrected chi connectivity index (χ3v) is 5.45. The van der Waals surface area contributed by atoms with Crippen LogP contribution in [-0.4, -0.2) is 60.9 Å². The Labute approximate surface area is 154 Å². The summed E-state index contributed by atoms with van der Waals surface area (Å²) in [6, 6.07) is 0.386. The number of Topliss-reactive ketones (excluding diaryl/α,β-unsaturated/α-hetero) is 1. The molecule has 0 aromatic carbocycles. The zero-order valence-electron chi connectivity index (χ0n) is 15.0. The SMILES string of the molecule is CC(=O)[C@H](C)NP(=O)(O)OC[C@H]1O[C@@H](n2ccc(N)nc2=O)[C@](C)(O)[C@@H]1O. The molecule has 6 atom stereocenters. The van der Waals surface area contributed by atoms with Gasteiger partial charge in [0.2, 0.25) is 0 Å². The number of anilines is 1. The molecular weight excluding hydrogens is 383 g/mol. The van der Waals surface area contributed by atoms with Crippen molar-refractivity contribution in [3.8, 4) is 0 Å². The normalized spacial score (nSPS) is 31.4. The highest BCUT2D eigenvalue weighted by Crippen LogP contribution is 2.42. The molecule has 1 saturated heterocycles. The van der Waals surface area contributed by atoms with Crippen LogP contribution in [0.25, 0.3) is 0 Å². The molecular formula is C14H23N4O8P. The van der Waals surface area contributed by atoms with Crippen molar-refractivity contribution >= 4 is 19.3 Å². The van der Waals surface area contributed by atoms with E-state index in [4.69, 9.17) is 15.0 Å². The van der Waals surface area contributed by atoms with Crippen molar-refractivity contribution in [2.45, 2.75) is 50.8 Å². The molecule has 12 nitrogen and oxygen atoms in total. The summed E-state index contributed by atoms with van der Waals surface area (Å²) < 4.78 is 23.3. The number of nitrogen functional groups attached to an aromatic ring is 1. The van der Waals surface area contributed by atoms with E-state index < -0.39 is 50.1 Å². The van der Waals surface area contributed by atoms with Crippen LogP contribution in [0.5, 0.6) is 0 Å². The molecule has 2 heterocycles. The summed E-state index contributed by atoms with van der Waals surface area (Å²) >= 11 is 0. The Bertz CT molecular complexity index is 813. The number of aliphatic hydroxyl groups is 2. The van der Waals surface area contributed by atoms with E-state index in [1.165, 1.54) is 33.0 Å². The fourth-order valence-electron chi connectivity index (χ4n) is 2.53. The second-order valence-electron chi connectivity index (χ2n) is 6.52. The Kier molecular flexibility index (Phi) is 6.22. The summed E-state index contributed by atoms with van der Waals surface area (Å²) in [4.78, 5) is 36.4. The number of carbonyl (C=O) groups excluding carboxylic acids is 1. The highest BCUT2D eigenvalue weighted by molar-refractivity contribution is 7.50. The summed E-state index contributed by atoms with van der Waals surface area (Å²) in [5.74, 6) is -0.399. The van der Waals surface area contributed by atoms with Gasteiger partial charge in [0, 0.05) is 6.20 Å². The predicted molar refractivity (Wildman–Crippen MR) is 92.5 cm³/mol. The van der Waals surface area contributed by atoms with Gasteiger partial charge in [0.05, 0.1) is 12.6 Å². The van der Waals surface area contributed by atoms with Gasteiger partial charge in [0.1, 0.15) is 29.4 Å². The third kappa shape index (κ3) is 4.79. The van der Waals surface area contributed by atoms with Gasteiger partial charge in [0.15, 0.2) is 6.23 Å². The lowest BCUT2D eigenvalue weighted by Crippen LogP contribution is -2.46. The number of aliphatic hydroxyl groups excluding tert-OH is 1. The zero-order chi connectivity index (χ0) is 20.6. The van der Waals surface area contributed by atoms with Crippen LogP contribution in [0.1, 0.15) is 27.0 Å². The second-order valence-corrected chi connectivity index (χ2v) is 8.07. The van der Waals surface area contributed by atoms with E-state index in [0.717, 1.165) is 4.57 Å². The smallest absolute Gasteiger partial charge is 0.387 e. The molecule has 13 heteroatoms. The van der Waals surface area contributed by atoms with Gasteiger partial charge in [0.25, 0.3) is 0 Å². The van der Waals surface area contributed by atoms with Crippen LogP contribution in [-0.2, 0) is 18.6 Å². The molecule has 1 aromatic heterocycles. The lowest BCUT2D eigenvalue weighted by Gasteiger charge is -2.27. The molecule has 1 fully saturated rings. The van der Waals surface area contributed by atoms with Gasteiger partial charge in [-0.3, -0.25) is 13.9 Å². The van der Waals surface area contributed by atoms with Crippen LogP contribution < -0.4 is 16.5 Å². The summed E-state index contributed by atoms with van der Waals surface area (Å²) in [7, 11) is -4.37. The molecule has 1 unspecified atom stereocenters. The van der Waals surface area contributed by atoms with Crippen molar-refractivity contribution in [1.29, 1.82) is 0 Å². The molecule has 6 N–H and O–H groups in total. The fraction of sp³-hybridized carbons (Fsp3) is 0.643. The van der Waals surface area contributed by atoms with Gasteiger partial charge in [-0.05, 0) is 26.8 Å². The molecule has 1 aliphatic rings. The number of aromatic nitrogens is 2. The van der Waals surface area contributed by atoms with Crippen LogP contribution in [0.15, 0.2) is 17.1 Å². The van der Waals surface area contributed by atoms with Gasteiger partial charge in [-0.1, -0.05) is 0 Å². The van der Waals surface area contributed by atoms with Crippen molar-refractivity contribution < 1.29 is 33.7 Å². The average molecular weight is 406 g/mol. The summed E-state index contributed by atoms with van der Waals surface area (Å²) in [6.45, 7) is 3.27. The first-order chi connectivity index (χ1) is 12.3. The number of ether oxygens (including phenoxy) is 1. The maximum Gasteiger partial charge on any atom is 0.403 e. The molecule has 0 saturated carbocycles. The molecule has 0 spiro atoms. The Morgan fingerprint density at radius 3 is 2.81 bits per heavy atom. The van der Waals surface area contributed by atoms with E-state index in [2.05, 4.69) is 10.1 Å². The average Bonchev–Trinajstić information content (AvgIpc) is 2.76. The monoisotopic (exact) mass is 406 g/mol. The standard InChI is InChI=1S/C14H23N4O8P/c1-7(8(2)19)17-27(23,24)25-6-9-11(20)14(3,22)12(26-9)18-5-4-10(15)16-13(18)21/h4-5,7,9,11-12,20,22H,6H2,1-3H3,(H2,15,16,21)(H2,17,23,24)/t7-,9+,11+,12+,14+/m0/s1. The summed E-state index contributed by atoms with van der Waals surface area (Å²) in [6.07, 6.45) is -2.86. The summed E-state index contributed by atoms with van der Waals surface area (Å²) in [5, 5.41) is 23.0. The Hall–Kier alpha value is -1.66. The van der Waals surface area contributed by atoms with Crippen molar-refractivity contribution in [3.63, 3.8) is 0 Å². The Balaban J connectivity index is 2.13. The maximum atomic E-state index is 12.0. The minimum Gasteiger partial charge on any atom is -0.387 e. The van der Waals surface area contributed by atoms with Crippen LogP contribution in [0.4, 0.5) is 5.82 Å². The minimum atomic E-state index is -4.37. The van der Waals surface area contributed by atoms with Gasteiger partial charge < -0.3 is 25.6 Å². The topological polar surface area (TPSA) is 186 Å². The van der Waals surface area contributed by atoms with Crippen LogP contribution in [0, 0.1) is 0 Å². The Morgan fingerprint density at radius 2 is 2.26 bits per heavy atom. The molecule has 1 aromatic rings. The van der Waals surface area contributed by atoms with Crippen LogP contribution >= 0.6 is 7.75 Å². The van der Waals surface area contributed by atoms with E-state index in [9.17, 15) is 29.3 Å². The molecule has 0 radical (unpaired) electrons. The molecule has 0 amide bonds. The largest absolute Gasteiger partial charge is 0.403 e. The first-order valence-electron chi connectivity index (χ1n) is 8.01. The third-order valence-electron chi connectivity index (χ3n) is 4.24. The molecule has 1 aliphatic heterocycles. The lowest BCUT2D eigenvalue weighted by molar-refractivity contribution is -0.118. The van der Waals surface area contributed by atoms with Gasteiger partial charge in [-0.25, -0.2) is 14.4 Å². The van der Waals surface area contributed by atoms with Gasteiger partial charge in [-0.15, -0.1) is 0 Å². The highest BCUT2D eigenvalue weighted by Gasteiger charge is 2.53. The lowest BCUT2D eigenvalue weighted by atomic mass is 9.96. The number of hydrogen-bond acceptors (Lipinski definition) is 9. The van der Waals surface area contributed by atoms with Crippen molar-refractivity contribution in [2.24, 2.45) is 0 Å². The summed E-state index contributed by atoms with van der Waals surface area (Å²) in [5.41, 5.74) is 2.69. The number of hydrogen-bond donors (Lipinski definition) is 5. The Morgan fingerprint density at radius 1 is 1.63 bits per heavy atom. The maximum absolute atomic E-state index is 12.0.